The maximum atomic E-state index is 6.27. The molecule has 3 heteroatoms. The largest absolute Gasteiger partial charge is 0.344 e. The second kappa shape index (κ2) is 5.60. The van der Waals surface area contributed by atoms with Crippen molar-refractivity contribution in [2.45, 2.75) is 58.0 Å². The van der Waals surface area contributed by atoms with Crippen molar-refractivity contribution in [1.29, 1.82) is 0 Å². The van der Waals surface area contributed by atoms with Crippen molar-refractivity contribution in [3.63, 3.8) is 0 Å². The Morgan fingerprint density at radius 1 is 1.11 bits per heavy atom. The molecule has 100 valence electrons. The number of hydrogen-bond acceptors (Lipinski definition) is 2. The lowest BCUT2D eigenvalue weighted by Gasteiger charge is -2.25. The lowest BCUT2D eigenvalue weighted by Crippen LogP contribution is -2.28. The molecule has 0 aromatic heterocycles. The van der Waals surface area contributed by atoms with Crippen molar-refractivity contribution < 1.29 is 9.47 Å². The van der Waals surface area contributed by atoms with Crippen LogP contribution in [0.25, 0.3) is 0 Å². The van der Waals surface area contributed by atoms with Crippen molar-refractivity contribution in [1.82, 2.24) is 0 Å². The van der Waals surface area contributed by atoms with E-state index in [1.807, 2.05) is 24.3 Å². The molecule has 1 aromatic carbocycles. The average Bonchev–Trinajstić information content (AvgIpc) is 2.79. The van der Waals surface area contributed by atoms with Crippen LogP contribution in [-0.4, -0.2) is 11.9 Å². The third-order valence-electron chi connectivity index (χ3n) is 3.74. The second-order valence-electron chi connectivity index (χ2n) is 4.74. The Kier molecular flexibility index (Phi) is 4.31. The smallest absolute Gasteiger partial charge is 0.169 e. The Bertz CT molecular complexity index is 401. The van der Waals surface area contributed by atoms with Crippen LogP contribution in [0.5, 0.6) is 0 Å². The van der Waals surface area contributed by atoms with Crippen LogP contribution in [0.1, 0.15) is 51.7 Å². The Morgan fingerprint density at radius 2 is 1.78 bits per heavy atom. The summed E-state index contributed by atoms with van der Waals surface area (Å²) in [5.41, 5.74) is 1.04. The highest BCUT2D eigenvalue weighted by Gasteiger charge is 2.45. The average molecular weight is 269 g/mol. The van der Waals surface area contributed by atoms with Crippen molar-refractivity contribution in [2.75, 3.05) is 0 Å². The lowest BCUT2D eigenvalue weighted by atomic mass is 10.0. The predicted octanol–water partition coefficient (Wildman–Crippen LogP) is 4.72. The molecule has 0 amide bonds. The van der Waals surface area contributed by atoms with Crippen molar-refractivity contribution >= 4 is 11.6 Å². The zero-order valence-corrected chi connectivity index (χ0v) is 12.0. The zero-order chi connectivity index (χ0) is 13.2. The highest BCUT2D eigenvalue weighted by Crippen LogP contribution is 2.44. The van der Waals surface area contributed by atoms with E-state index in [0.29, 0.717) is 0 Å². The van der Waals surface area contributed by atoms with Crippen LogP contribution in [0, 0.1) is 0 Å². The van der Waals surface area contributed by atoms with E-state index in [1.165, 1.54) is 0 Å². The van der Waals surface area contributed by atoms with Crippen LogP contribution in [0.3, 0.4) is 0 Å². The van der Waals surface area contributed by atoms with E-state index in [9.17, 15) is 0 Å². The molecule has 2 nitrogen and oxygen atoms in total. The number of benzene rings is 1. The minimum absolute atomic E-state index is 0.0522. The van der Waals surface area contributed by atoms with Gasteiger partial charge in [-0.2, -0.15) is 0 Å². The van der Waals surface area contributed by atoms with Gasteiger partial charge in [-0.1, -0.05) is 50.6 Å². The van der Waals surface area contributed by atoms with Crippen LogP contribution in [0.4, 0.5) is 0 Å². The molecule has 2 rings (SSSR count). The molecule has 0 aliphatic carbocycles. The van der Waals surface area contributed by atoms with Gasteiger partial charge in [0.05, 0.1) is 6.10 Å². The Hall–Kier alpha value is -0.570. The summed E-state index contributed by atoms with van der Waals surface area (Å²) in [4.78, 5) is 0. The van der Waals surface area contributed by atoms with Gasteiger partial charge in [-0.3, -0.25) is 0 Å². The van der Waals surface area contributed by atoms with Crippen molar-refractivity contribution in [3.8, 4) is 0 Å². The summed E-state index contributed by atoms with van der Waals surface area (Å²) >= 11 is 6.27. The van der Waals surface area contributed by atoms with Gasteiger partial charge < -0.3 is 9.47 Å². The van der Waals surface area contributed by atoms with Gasteiger partial charge in [-0.15, -0.1) is 0 Å². The lowest BCUT2D eigenvalue weighted by molar-refractivity contribution is -0.179. The van der Waals surface area contributed by atoms with Crippen LogP contribution in [0.2, 0.25) is 5.02 Å². The van der Waals surface area contributed by atoms with Gasteiger partial charge in [0.1, 0.15) is 6.10 Å². The molecule has 1 aliphatic rings. The van der Waals surface area contributed by atoms with E-state index in [1.54, 1.807) is 0 Å². The first kappa shape index (κ1) is 13.9. The summed E-state index contributed by atoms with van der Waals surface area (Å²) in [6.07, 6.45) is 2.69. The van der Waals surface area contributed by atoms with Gasteiger partial charge >= 0.3 is 0 Å². The predicted molar refractivity (Wildman–Crippen MR) is 73.8 cm³/mol. The maximum absolute atomic E-state index is 6.27. The Labute approximate surface area is 114 Å². The summed E-state index contributed by atoms with van der Waals surface area (Å²) in [7, 11) is 0. The molecule has 1 aromatic rings. The quantitative estimate of drug-likeness (QED) is 0.786. The summed E-state index contributed by atoms with van der Waals surface area (Å²) in [5.74, 6) is -0.440. The van der Waals surface area contributed by atoms with Gasteiger partial charge in [0.15, 0.2) is 5.79 Å². The molecule has 1 saturated heterocycles. The van der Waals surface area contributed by atoms with Gasteiger partial charge in [-0.25, -0.2) is 0 Å². The van der Waals surface area contributed by atoms with E-state index >= 15 is 0 Å². The summed E-state index contributed by atoms with van der Waals surface area (Å²) < 4.78 is 12.3. The standard InChI is InChI=1S/C15H21ClO2/c1-4-13-14(11-9-7-8-10-12(11)16)18-15(5-2,6-3)17-13/h7-10,13-14H,4-6H2,1-3H3. The molecular formula is C15H21ClO2. The molecule has 18 heavy (non-hydrogen) atoms. The molecule has 0 bridgehead atoms. The summed E-state index contributed by atoms with van der Waals surface area (Å²) in [6.45, 7) is 6.33. The van der Waals surface area contributed by atoms with Crippen molar-refractivity contribution in [3.05, 3.63) is 34.9 Å². The monoisotopic (exact) mass is 268 g/mol. The van der Waals surface area contributed by atoms with Gasteiger partial charge in [0, 0.05) is 10.6 Å². The molecule has 1 fully saturated rings. The van der Waals surface area contributed by atoms with E-state index in [0.717, 1.165) is 29.8 Å². The minimum Gasteiger partial charge on any atom is -0.344 e. The minimum atomic E-state index is -0.440. The van der Waals surface area contributed by atoms with E-state index in [-0.39, 0.29) is 12.2 Å². The Morgan fingerprint density at radius 3 is 2.33 bits per heavy atom. The first-order chi connectivity index (χ1) is 8.65. The molecule has 0 N–H and O–H groups in total. The third-order valence-corrected chi connectivity index (χ3v) is 4.08. The number of halogens is 1. The van der Waals surface area contributed by atoms with E-state index in [4.69, 9.17) is 21.1 Å². The maximum Gasteiger partial charge on any atom is 0.169 e. The summed E-state index contributed by atoms with van der Waals surface area (Å²) in [5, 5.41) is 0.757. The first-order valence-corrected chi connectivity index (χ1v) is 7.13. The molecule has 2 unspecified atom stereocenters. The molecule has 2 atom stereocenters. The van der Waals surface area contributed by atoms with E-state index < -0.39 is 5.79 Å². The highest BCUT2D eigenvalue weighted by atomic mass is 35.5. The normalized spacial score (nSPS) is 26.4. The van der Waals surface area contributed by atoms with Gasteiger partial charge in [0.25, 0.3) is 0 Å². The fraction of sp³-hybridized carbons (Fsp3) is 0.600. The van der Waals surface area contributed by atoms with Crippen LogP contribution in [0.15, 0.2) is 24.3 Å². The van der Waals surface area contributed by atoms with Gasteiger partial charge in [-0.05, 0) is 25.3 Å². The highest BCUT2D eigenvalue weighted by molar-refractivity contribution is 6.31. The van der Waals surface area contributed by atoms with Crippen LogP contribution >= 0.6 is 11.6 Å². The van der Waals surface area contributed by atoms with E-state index in [2.05, 4.69) is 20.8 Å². The number of rotatable bonds is 4. The molecule has 0 saturated carbocycles. The molecular weight excluding hydrogens is 248 g/mol. The van der Waals surface area contributed by atoms with Crippen LogP contribution in [-0.2, 0) is 9.47 Å². The zero-order valence-electron chi connectivity index (χ0n) is 11.3. The second-order valence-corrected chi connectivity index (χ2v) is 5.15. The summed E-state index contributed by atoms with van der Waals surface area (Å²) in [6, 6.07) is 7.87. The molecule has 0 radical (unpaired) electrons. The topological polar surface area (TPSA) is 18.5 Å². The third kappa shape index (κ3) is 2.42. The molecule has 1 heterocycles. The fourth-order valence-electron chi connectivity index (χ4n) is 2.52. The molecule has 1 aliphatic heterocycles. The Balaban J connectivity index is 2.30. The molecule has 0 spiro atoms. The fourth-order valence-corrected chi connectivity index (χ4v) is 2.77. The number of ether oxygens (including phenoxy) is 2. The van der Waals surface area contributed by atoms with Crippen molar-refractivity contribution in [2.24, 2.45) is 0 Å². The first-order valence-electron chi connectivity index (χ1n) is 6.75. The number of hydrogen-bond donors (Lipinski definition) is 0. The SMILES string of the molecule is CCC1OC(CC)(CC)OC1c1ccccc1Cl. The van der Waals surface area contributed by atoms with Crippen LogP contribution < -0.4 is 0 Å². The van der Waals surface area contributed by atoms with Gasteiger partial charge in [0.2, 0.25) is 0 Å².